The molecular weight excluding hydrogens is 172 g/mol. The molecule has 13 heavy (non-hydrogen) atoms. The number of hydrogen-bond donors (Lipinski definition) is 0. The summed E-state index contributed by atoms with van der Waals surface area (Å²) in [5.74, 6) is -2.84. The summed E-state index contributed by atoms with van der Waals surface area (Å²) in [7, 11) is 0. The molecule has 1 aromatic rings. The van der Waals surface area contributed by atoms with E-state index in [1.54, 1.807) is 36.4 Å². The van der Waals surface area contributed by atoms with Crippen LogP contribution in [0.25, 0.3) is 0 Å². The molecule has 66 valence electrons. The van der Waals surface area contributed by atoms with E-state index >= 15 is 0 Å². The molecule has 1 unspecified atom stereocenters. The molecular formula is C10H7F2N. The van der Waals surface area contributed by atoms with Crippen molar-refractivity contribution >= 4 is 0 Å². The fraction of sp³-hybridized carbons (Fsp3) is 0.300. The Hall–Kier alpha value is -1.43. The van der Waals surface area contributed by atoms with E-state index in [4.69, 9.17) is 5.26 Å². The van der Waals surface area contributed by atoms with Gasteiger partial charge in [-0.2, -0.15) is 5.26 Å². The average Bonchev–Trinajstić information content (AvgIpc) is 2.72. The molecule has 0 heterocycles. The Bertz CT molecular complexity index is 366. The number of benzene rings is 1. The topological polar surface area (TPSA) is 23.8 Å². The highest BCUT2D eigenvalue weighted by Gasteiger charge is 2.73. The molecule has 1 fully saturated rings. The van der Waals surface area contributed by atoms with Gasteiger partial charge in [0.1, 0.15) is 0 Å². The van der Waals surface area contributed by atoms with Crippen LogP contribution in [0.5, 0.6) is 0 Å². The molecule has 0 bridgehead atoms. The SMILES string of the molecule is N#CC1(c2ccccc2)CC1(F)F. The third-order valence-electron chi connectivity index (χ3n) is 2.44. The molecule has 1 saturated carbocycles. The third kappa shape index (κ3) is 0.951. The van der Waals surface area contributed by atoms with Crippen LogP contribution in [0.15, 0.2) is 30.3 Å². The van der Waals surface area contributed by atoms with Gasteiger partial charge in [0, 0.05) is 6.42 Å². The van der Waals surface area contributed by atoms with E-state index in [9.17, 15) is 8.78 Å². The van der Waals surface area contributed by atoms with Crippen molar-refractivity contribution in [2.24, 2.45) is 0 Å². The van der Waals surface area contributed by atoms with Crippen molar-refractivity contribution in [2.45, 2.75) is 17.8 Å². The van der Waals surface area contributed by atoms with Gasteiger partial charge in [0.25, 0.3) is 5.92 Å². The van der Waals surface area contributed by atoms with Gasteiger partial charge in [-0.1, -0.05) is 30.3 Å². The maximum absolute atomic E-state index is 12.9. The summed E-state index contributed by atoms with van der Waals surface area (Å²) in [4.78, 5) is 0. The van der Waals surface area contributed by atoms with Crippen molar-refractivity contribution in [1.29, 1.82) is 5.26 Å². The second-order valence-electron chi connectivity index (χ2n) is 3.26. The normalized spacial score (nSPS) is 29.3. The van der Waals surface area contributed by atoms with Crippen LogP contribution in [0.3, 0.4) is 0 Å². The summed E-state index contributed by atoms with van der Waals surface area (Å²) in [5.41, 5.74) is -1.13. The molecule has 0 N–H and O–H groups in total. The van der Waals surface area contributed by atoms with E-state index < -0.39 is 11.3 Å². The fourth-order valence-corrected chi connectivity index (χ4v) is 1.51. The Kier molecular flexibility index (Phi) is 1.44. The number of rotatable bonds is 1. The summed E-state index contributed by atoms with van der Waals surface area (Å²) in [6.07, 6.45) is -0.347. The molecule has 0 aliphatic heterocycles. The second-order valence-corrected chi connectivity index (χ2v) is 3.26. The molecule has 0 radical (unpaired) electrons. The van der Waals surface area contributed by atoms with Crippen LogP contribution in [0.4, 0.5) is 8.78 Å². The van der Waals surface area contributed by atoms with Gasteiger partial charge in [-0.15, -0.1) is 0 Å². The van der Waals surface area contributed by atoms with Gasteiger partial charge in [-0.3, -0.25) is 0 Å². The molecule has 0 saturated heterocycles. The van der Waals surface area contributed by atoms with E-state index in [1.165, 1.54) is 0 Å². The first-order valence-electron chi connectivity index (χ1n) is 3.97. The predicted octanol–water partition coefficient (Wildman–Crippen LogP) is 2.49. The summed E-state index contributed by atoms with van der Waals surface area (Å²) < 4.78 is 25.8. The molecule has 0 amide bonds. The van der Waals surface area contributed by atoms with Crippen molar-refractivity contribution in [3.05, 3.63) is 35.9 Å². The van der Waals surface area contributed by atoms with Gasteiger partial charge < -0.3 is 0 Å². The molecule has 1 aliphatic carbocycles. The highest BCUT2D eigenvalue weighted by Crippen LogP contribution is 2.60. The van der Waals surface area contributed by atoms with Crippen LogP contribution in [0.2, 0.25) is 0 Å². The van der Waals surface area contributed by atoms with Crippen LogP contribution in [0.1, 0.15) is 12.0 Å². The molecule has 1 aromatic carbocycles. The van der Waals surface area contributed by atoms with Gasteiger partial charge in [0.15, 0.2) is 5.41 Å². The van der Waals surface area contributed by atoms with Crippen molar-refractivity contribution in [3.8, 4) is 6.07 Å². The van der Waals surface area contributed by atoms with Crippen molar-refractivity contribution in [2.75, 3.05) is 0 Å². The highest BCUT2D eigenvalue weighted by molar-refractivity contribution is 5.45. The fourth-order valence-electron chi connectivity index (χ4n) is 1.51. The highest BCUT2D eigenvalue weighted by atomic mass is 19.3. The lowest BCUT2D eigenvalue weighted by molar-refractivity contribution is 0.0997. The first-order chi connectivity index (χ1) is 6.12. The van der Waals surface area contributed by atoms with Crippen molar-refractivity contribution in [3.63, 3.8) is 0 Å². The predicted molar refractivity (Wildman–Crippen MR) is 43.3 cm³/mol. The zero-order chi connectivity index (χ0) is 9.53. The largest absolute Gasteiger partial charge is 0.272 e. The average molecular weight is 179 g/mol. The zero-order valence-electron chi connectivity index (χ0n) is 6.80. The maximum Gasteiger partial charge on any atom is 0.272 e. The Labute approximate surface area is 74.6 Å². The maximum atomic E-state index is 12.9. The van der Waals surface area contributed by atoms with Gasteiger partial charge >= 0.3 is 0 Å². The first-order valence-corrected chi connectivity index (χ1v) is 3.97. The Balaban J connectivity index is 2.44. The van der Waals surface area contributed by atoms with Gasteiger partial charge in [0.2, 0.25) is 0 Å². The van der Waals surface area contributed by atoms with Crippen LogP contribution in [0, 0.1) is 11.3 Å². The summed E-state index contributed by atoms with van der Waals surface area (Å²) >= 11 is 0. The number of alkyl halides is 2. The minimum absolute atomic E-state index is 0.347. The standard InChI is InChI=1S/C10H7F2N/c11-10(12)6-9(10,7-13)8-4-2-1-3-5-8/h1-5H,6H2. The molecule has 1 nitrogen and oxygen atoms in total. The lowest BCUT2D eigenvalue weighted by Gasteiger charge is -2.06. The molecule has 1 aliphatic rings. The van der Waals surface area contributed by atoms with E-state index in [2.05, 4.69) is 0 Å². The van der Waals surface area contributed by atoms with Crippen molar-refractivity contribution < 1.29 is 8.78 Å². The van der Waals surface area contributed by atoms with Crippen LogP contribution >= 0.6 is 0 Å². The molecule has 0 spiro atoms. The van der Waals surface area contributed by atoms with E-state index in [0.717, 1.165) is 0 Å². The third-order valence-corrected chi connectivity index (χ3v) is 2.44. The summed E-state index contributed by atoms with van der Waals surface area (Å²) in [6.45, 7) is 0. The van der Waals surface area contributed by atoms with E-state index in [-0.39, 0.29) is 6.42 Å². The Morgan fingerprint density at radius 3 is 2.15 bits per heavy atom. The lowest BCUT2D eigenvalue weighted by atomic mass is 9.97. The zero-order valence-corrected chi connectivity index (χ0v) is 6.80. The van der Waals surface area contributed by atoms with Gasteiger partial charge in [-0.05, 0) is 5.56 Å². The number of nitriles is 1. The smallest absolute Gasteiger partial charge is 0.205 e. The van der Waals surface area contributed by atoms with E-state index in [0.29, 0.717) is 5.56 Å². The monoisotopic (exact) mass is 179 g/mol. The Morgan fingerprint density at radius 2 is 1.77 bits per heavy atom. The minimum atomic E-state index is -2.84. The van der Waals surface area contributed by atoms with E-state index in [1.807, 2.05) is 0 Å². The summed E-state index contributed by atoms with van der Waals surface area (Å²) in [5, 5.41) is 8.72. The summed E-state index contributed by atoms with van der Waals surface area (Å²) in [6, 6.07) is 9.94. The number of halogens is 2. The molecule has 3 heteroatoms. The van der Waals surface area contributed by atoms with Gasteiger partial charge in [0.05, 0.1) is 6.07 Å². The number of nitrogens with zero attached hydrogens (tertiary/aromatic N) is 1. The Morgan fingerprint density at radius 1 is 1.23 bits per heavy atom. The van der Waals surface area contributed by atoms with Crippen LogP contribution in [-0.2, 0) is 5.41 Å². The van der Waals surface area contributed by atoms with Crippen LogP contribution in [-0.4, -0.2) is 5.92 Å². The number of hydrogen-bond acceptors (Lipinski definition) is 1. The van der Waals surface area contributed by atoms with Crippen molar-refractivity contribution in [1.82, 2.24) is 0 Å². The lowest BCUT2D eigenvalue weighted by Crippen LogP contribution is -2.13. The second kappa shape index (κ2) is 2.29. The molecule has 1 atom stereocenters. The van der Waals surface area contributed by atoms with Gasteiger partial charge in [-0.25, -0.2) is 8.78 Å². The first kappa shape index (κ1) is 8.18. The minimum Gasteiger partial charge on any atom is -0.205 e. The molecule has 0 aromatic heterocycles. The van der Waals surface area contributed by atoms with Crippen LogP contribution < -0.4 is 0 Å². The molecule has 2 rings (SSSR count). The quantitative estimate of drug-likeness (QED) is 0.649.